The molecular weight excluding hydrogens is 335 g/mol. The van der Waals surface area contributed by atoms with Gasteiger partial charge in [0.15, 0.2) is 0 Å². The van der Waals surface area contributed by atoms with E-state index in [1.165, 1.54) is 12.3 Å². The first kappa shape index (κ1) is 20.8. The molecule has 0 aliphatic carbocycles. The molecule has 0 bridgehead atoms. The molecule has 1 amide bonds. The summed E-state index contributed by atoms with van der Waals surface area (Å²) in [6.45, 7) is 6.61. The van der Waals surface area contributed by atoms with Gasteiger partial charge in [-0.3, -0.25) is 9.88 Å². The van der Waals surface area contributed by atoms with Gasteiger partial charge in [-0.05, 0) is 32.4 Å². The highest BCUT2D eigenvalue weighted by molar-refractivity contribution is 5.67. The molecule has 0 saturated heterocycles. The number of alkyl carbamates (subject to hydrolysis) is 1. The summed E-state index contributed by atoms with van der Waals surface area (Å²) in [5.41, 5.74) is -0.930. The average Bonchev–Trinajstić information content (AvgIpc) is 2.45. The number of nitrogens with zero attached hydrogens (tertiary/aromatic N) is 2. The van der Waals surface area contributed by atoms with Crippen molar-refractivity contribution >= 4 is 6.09 Å². The number of halogens is 3. The lowest BCUT2D eigenvalue weighted by Gasteiger charge is -2.22. The van der Waals surface area contributed by atoms with E-state index in [4.69, 9.17) is 11.2 Å². The maximum Gasteiger partial charge on any atom is 0.433 e. The van der Waals surface area contributed by atoms with Gasteiger partial charge in [0.05, 0.1) is 6.54 Å². The molecule has 5 nitrogen and oxygen atoms in total. The summed E-state index contributed by atoms with van der Waals surface area (Å²) in [6.07, 6.45) is 1.48. The van der Waals surface area contributed by atoms with E-state index in [-0.39, 0.29) is 6.54 Å². The van der Waals surface area contributed by atoms with Gasteiger partial charge in [0, 0.05) is 25.8 Å². The quantitative estimate of drug-likeness (QED) is 0.795. The molecule has 1 rings (SSSR count). The van der Waals surface area contributed by atoms with Gasteiger partial charge < -0.3 is 10.1 Å². The summed E-state index contributed by atoms with van der Waals surface area (Å²) in [7, 11) is 0. The maximum absolute atomic E-state index is 12.5. The fourth-order valence-electron chi connectivity index (χ4n) is 1.92. The molecule has 0 unspecified atom stereocenters. The Kier molecular flexibility index (Phi) is 7.24. The Bertz CT molecular complexity index is 602. The van der Waals surface area contributed by atoms with Crippen LogP contribution in [0.4, 0.5) is 18.0 Å². The van der Waals surface area contributed by atoms with E-state index in [9.17, 15) is 18.0 Å². The van der Waals surface area contributed by atoms with Crippen molar-refractivity contribution in [1.29, 1.82) is 0 Å². The average molecular weight is 357 g/mol. The Hall–Kier alpha value is -2.27. The number of rotatable bonds is 6. The lowest BCUT2D eigenvalue weighted by atomic mass is 10.2. The molecule has 0 aromatic carbocycles. The second-order valence-corrected chi connectivity index (χ2v) is 6.39. The van der Waals surface area contributed by atoms with Gasteiger partial charge >= 0.3 is 12.3 Å². The molecule has 0 radical (unpaired) electrons. The van der Waals surface area contributed by atoms with Crippen LogP contribution in [0.3, 0.4) is 0 Å². The molecule has 1 aromatic heterocycles. The van der Waals surface area contributed by atoms with Crippen molar-refractivity contribution in [3.05, 3.63) is 29.6 Å². The highest BCUT2D eigenvalue weighted by Crippen LogP contribution is 2.27. The number of hydrogen-bond acceptors (Lipinski definition) is 4. The van der Waals surface area contributed by atoms with Crippen LogP contribution < -0.4 is 5.32 Å². The van der Waals surface area contributed by atoms with Gasteiger partial charge in [-0.1, -0.05) is 12.0 Å². The maximum atomic E-state index is 12.5. The van der Waals surface area contributed by atoms with Crippen molar-refractivity contribution in [2.45, 2.75) is 39.1 Å². The van der Waals surface area contributed by atoms with E-state index in [1.807, 2.05) is 4.90 Å². The third kappa shape index (κ3) is 8.40. The van der Waals surface area contributed by atoms with E-state index in [2.05, 4.69) is 16.2 Å². The predicted octanol–water partition coefficient (Wildman–Crippen LogP) is 3.06. The molecule has 0 aliphatic rings. The van der Waals surface area contributed by atoms with Crippen molar-refractivity contribution in [3.8, 4) is 12.3 Å². The fraction of sp³-hybridized carbons (Fsp3) is 0.529. The van der Waals surface area contributed by atoms with Crippen molar-refractivity contribution in [2.75, 3.05) is 19.6 Å². The van der Waals surface area contributed by atoms with Crippen LogP contribution in [0.5, 0.6) is 0 Å². The number of nitrogens with one attached hydrogen (secondary N) is 1. The lowest BCUT2D eigenvalue weighted by molar-refractivity contribution is -0.141. The molecule has 0 spiro atoms. The standard InChI is InChI=1S/C17H22F3N3O2/c1-5-9-23(10-8-21-15(24)25-16(2,3)4)12-13-6-7-14(22-11-13)17(18,19)20/h1,6-7,11H,8-10,12H2,2-4H3,(H,21,24). The first-order valence-corrected chi connectivity index (χ1v) is 7.66. The van der Waals surface area contributed by atoms with E-state index in [1.54, 1.807) is 20.8 Å². The molecule has 0 atom stereocenters. The SMILES string of the molecule is C#CCN(CCNC(=O)OC(C)(C)C)Cc1ccc(C(F)(F)F)nc1. The topological polar surface area (TPSA) is 54.5 Å². The molecule has 1 heterocycles. The number of hydrogen-bond donors (Lipinski definition) is 1. The minimum absolute atomic E-state index is 0.289. The summed E-state index contributed by atoms with van der Waals surface area (Å²) >= 11 is 0. The number of amides is 1. The largest absolute Gasteiger partial charge is 0.444 e. The Morgan fingerprint density at radius 2 is 2.04 bits per heavy atom. The zero-order chi connectivity index (χ0) is 19.1. The number of terminal acetylenes is 1. The van der Waals surface area contributed by atoms with Crippen LogP contribution in [0, 0.1) is 12.3 Å². The Morgan fingerprint density at radius 3 is 2.52 bits per heavy atom. The first-order valence-electron chi connectivity index (χ1n) is 7.66. The normalized spacial score (nSPS) is 11.9. The van der Waals surface area contributed by atoms with Crippen LogP contribution in [0.15, 0.2) is 18.3 Å². The number of pyridine rings is 1. The Labute approximate surface area is 145 Å². The van der Waals surface area contributed by atoms with Gasteiger partial charge in [0.1, 0.15) is 11.3 Å². The monoisotopic (exact) mass is 357 g/mol. The summed E-state index contributed by atoms with van der Waals surface area (Å²) in [5, 5.41) is 2.61. The third-order valence-corrected chi connectivity index (χ3v) is 2.93. The Morgan fingerprint density at radius 1 is 1.36 bits per heavy atom. The second-order valence-electron chi connectivity index (χ2n) is 6.39. The number of carbonyl (C=O) groups excluding carboxylic acids is 1. The second kappa shape index (κ2) is 8.72. The summed E-state index contributed by atoms with van der Waals surface area (Å²) in [4.78, 5) is 16.8. The van der Waals surface area contributed by atoms with Crippen molar-refractivity contribution in [2.24, 2.45) is 0 Å². The molecule has 138 valence electrons. The van der Waals surface area contributed by atoms with E-state index < -0.39 is 23.6 Å². The van der Waals surface area contributed by atoms with Gasteiger partial charge in [-0.2, -0.15) is 13.2 Å². The molecule has 1 N–H and O–H groups in total. The van der Waals surface area contributed by atoms with Crippen molar-refractivity contribution < 1.29 is 22.7 Å². The Balaban J connectivity index is 2.54. The number of aromatic nitrogens is 1. The highest BCUT2D eigenvalue weighted by atomic mass is 19.4. The summed E-state index contributed by atoms with van der Waals surface area (Å²) < 4.78 is 42.7. The number of alkyl halides is 3. The van der Waals surface area contributed by atoms with Crippen LogP contribution in [0.1, 0.15) is 32.0 Å². The van der Waals surface area contributed by atoms with Crippen LogP contribution in [0.2, 0.25) is 0 Å². The number of ether oxygens (including phenoxy) is 1. The molecule has 0 fully saturated rings. The van der Waals surface area contributed by atoms with Gasteiger partial charge in [-0.25, -0.2) is 4.79 Å². The lowest BCUT2D eigenvalue weighted by Crippen LogP contribution is -2.38. The van der Waals surface area contributed by atoms with Crippen LogP contribution >= 0.6 is 0 Å². The van der Waals surface area contributed by atoms with E-state index in [0.29, 0.717) is 25.2 Å². The van der Waals surface area contributed by atoms with E-state index in [0.717, 1.165) is 6.07 Å². The first-order chi connectivity index (χ1) is 11.5. The smallest absolute Gasteiger partial charge is 0.433 e. The van der Waals surface area contributed by atoms with Gasteiger partial charge in [0.2, 0.25) is 0 Å². The molecule has 8 heteroatoms. The van der Waals surface area contributed by atoms with E-state index >= 15 is 0 Å². The van der Waals surface area contributed by atoms with Crippen molar-refractivity contribution in [3.63, 3.8) is 0 Å². The van der Waals surface area contributed by atoms with Crippen LogP contribution in [0.25, 0.3) is 0 Å². The highest BCUT2D eigenvalue weighted by Gasteiger charge is 2.32. The molecule has 0 saturated carbocycles. The zero-order valence-electron chi connectivity index (χ0n) is 14.5. The fourth-order valence-corrected chi connectivity index (χ4v) is 1.92. The number of carbonyl (C=O) groups is 1. The minimum atomic E-state index is -4.46. The molecule has 25 heavy (non-hydrogen) atoms. The van der Waals surface area contributed by atoms with Gasteiger partial charge in [0.25, 0.3) is 0 Å². The zero-order valence-corrected chi connectivity index (χ0v) is 14.5. The van der Waals surface area contributed by atoms with Crippen LogP contribution in [-0.4, -0.2) is 41.2 Å². The minimum Gasteiger partial charge on any atom is -0.444 e. The molecule has 1 aromatic rings. The summed E-state index contributed by atoms with van der Waals surface area (Å²) in [5.74, 6) is 2.48. The summed E-state index contributed by atoms with van der Waals surface area (Å²) in [6, 6.07) is 2.29. The van der Waals surface area contributed by atoms with Crippen molar-refractivity contribution in [1.82, 2.24) is 15.2 Å². The van der Waals surface area contributed by atoms with Crippen LogP contribution in [-0.2, 0) is 17.5 Å². The molecular formula is C17H22F3N3O2. The van der Waals surface area contributed by atoms with Gasteiger partial charge in [-0.15, -0.1) is 6.42 Å². The third-order valence-electron chi connectivity index (χ3n) is 2.93. The predicted molar refractivity (Wildman–Crippen MR) is 87.6 cm³/mol. The molecule has 0 aliphatic heterocycles.